The number of hydrogen-bond donors (Lipinski definition) is 2. The monoisotopic (exact) mass is 397 g/mol. The summed E-state index contributed by atoms with van der Waals surface area (Å²) in [6, 6.07) is 3.00. The van der Waals surface area contributed by atoms with Gasteiger partial charge < -0.3 is 19.8 Å². The molecule has 0 radical (unpaired) electrons. The molecule has 1 aromatic rings. The number of halogens is 2. The minimum atomic E-state index is -1.32. The van der Waals surface area contributed by atoms with Crippen LogP contribution in [0.2, 0.25) is 0 Å². The molecule has 1 aliphatic heterocycles. The summed E-state index contributed by atoms with van der Waals surface area (Å²) in [5, 5.41) is 29.0. The van der Waals surface area contributed by atoms with Crippen molar-refractivity contribution in [2.24, 2.45) is 0 Å². The zero-order valence-corrected chi connectivity index (χ0v) is 16.2. The number of β-amino-alcohol motifs (C(OH)–C–C–N with tert-alkyl or cyclic N) is 1. The number of nitrogens with zero attached hydrogens (tertiary/aromatic N) is 3. The Bertz CT molecular complexity index is 761. The van der Waals surface area contributed by atoms with E-state index < -0.39 is 41.0 Å². The van der Waals surface area contributed by atoms with E-state index in [9.17, 15) is 23.8 Å². The van der Waals surface area contributed by atoms with Crippen molar-refractivity contribution in [1.29, 1.82) is 5.26 Å². The van der Waals surface area contributed by atoms with E-state index in [-0.39, 0.29) is 25.3 Å². The molecule has 0 aliphatic carbocycles. The zero-order valence-electron chi connectivity index (χ0n) is 16.2. The number of hydrogen-bond acceptors (Lipinski definition) is 6. The van der Waals surface area contributed by atoms with Crippen molar-refractivity contribution in [2.45, 2.75) is 38.5 Å². The van der Waals surface area contributed by atoms with Gasteiger partial charge in [-0.25, -0.2) is 13.6 Å². The minimum Gasteiger partial charge on any atom is -0.444 e. The molecule has 0 bridgehead atoms. The van der Waals surface area contributed by atoms with Gasteiger partial charge in [-0.2, -0.15) is 5.26 Å². The van der Waals surface area contributed by atoms with E-state index in [0.717, 1.165) is 12.1 Å². The summed E-state index contributed by atoms with van der Waals surface area (Å²) in [7, 11) is 0. The summed E-state index contributed by atoms with van der Waals surface area (Å²) in [5.74, 6) is -2.09. The van der Waals surface area contributed by atoms with Gasteiger partial charge in [0.25, 0.3) is 0 Å². The van der Waals surface area contributed by atoms with Gasteiger partial charge in [0.15, 0.2) is 0 Å². The zero-order chi connectivity index (χ0) is 21.1. The molecule has 28 heavy (non-hydrogen) atoms. The molecular formula is C19H25F2N3O4. The second kappa shape index (κ2) is 8.82. The van der Waals surface area contributed by atoms with Crippen LogP contribution in [0, 0.1) is 23.0 Å². The average Bonchev–Trinajstić information content (AvgIpc) is 2.60. The van der Waals surface area contributed by atoms with Gasteiger partial charge in [0.05, 0.1) is 18.8 Å². The Morgan fingerprint density at radius 3 is 2.64 bits per heavy atom. The minimum absolute atomic E-state index is 0.0409. The number of ether oxygens (including phenoxy) is 1. The molecule has 2 atom stereocenters. The molecule has 1 amide bonds. The topological polar surface area (TPSA) is 97.0 Å². The quantitative estimate of drug-likeness (QED) is 0.804. The number of piperazine rings is 1. The number of carbonyl (C=O) groups excluding carboxylic acids is 1. The van der Waals surface area contributed by atoms with Gasteiger partial charge in [-0.3, -0.25) is 4.90 Å². The molecule has 1 aromatic carbocycles. The van der Waals surface area contributed by atoms with Crippen LogP contribution in [-0.2, 0) is 4.74 Å². The Morgan fingerprint density at radius 2 is 2.07 bits per heavy atom. The average molecular weight is 397 g/mol. The van der Waals surface area contributed by atoms with Crippen LogP contribution in [0.15, 0.2) is 12.1 Å². The summed E-state index contributed by atoms with van der Waals surface area (Å²) < 4.78 is 33.1. The van der Waals surface area contributed by atoms with Crippen molar-refractivity contribution in [3.8, 4) is 6.07 Å². The molecule has 0 saturated carbocycles. The second-order valence-corrected chi connectivity index (χ2v) is 7.71. The lowest BCUT2D eigenvalue weighted by Crippen LogP contribution is -2.57. The molecular weight excluding hydrogens is 372 g/mol. The van der Waals surface area contributed by atoms with Gasteiger partial charge >= 0.3 is 6.09 Å². The largest absolute Gasteiger partial charge is 0.444 e. The first-order valence-electron chi connectivity index (χ1n) is 8.96. The van der Waals surface area contributed by atoms with Crippen LogP contribution < -0.4 is 0 Å². The third-order valence-electron chi connectivity index (χ3n) is 4.47. The molecule has 1 heterocycles. The number of carbonyl (C=O) groups is 1. The number of nitriles is 1. The predicted octanol–water partition coefficient (Wildman–Crippen LogP) is 1.78. The summed E-state index contributed by atoms with van der Waals surface area (Å²) >= 11 is 0. The van der Waals surface area contributed by atoms with Crippen LogP contribution >= 0.6 is 0 Å². The van der Waals surface area contributed by atoms with Crippen molar-refractivity contribution < 1.29 is 28.5 Å². The summed E-state index contributed by atoms with van der Waals surface area (Å²) in [6.45, 7) is 5.79. The predicted molar refractivity (Wildman–Crippen MR) is 96.3 cm³/mol. The Morgan fingerprint density at radius 1 is 1.39 bits per heavy atom. The normalized spacial score (nSPS) is 19.2. The Labute approximate surface area is 162 Å². The smallest absolute Gasteiger partial charge is 0.410 e. The van der Waals surface area contributed by atoms with Crippen LogP contribution in [0.5, 0.6) is 0 Å². The molecule has 2 rings (SSSR count). The van der Waals surface area contributed by atoms with E-state index in [1.165, 1.54) is 11.0 Å². The lowest BCUT2D eigenvalue weighted by molar-refractivity contribution is -0.0150. The van der Waals surface area contributed by atoms with Gasteiger partial charge in [-0.15, -0.1) is 0 Å². The second-order valence-electron chi connectivity index (χ2n) is 7.71. The van der Waals surface area contributed by atoms with E-state index in [2.05, 4.69) is 0 Å². The van der Waals surface area contributed by atoms with E-state index in [1.54, 1.807) is 25.7 Å². The fraction of sp³-hybridized carbons (Fsp3) is 0.579. The van der Waals surface area contributed by atoms with Crippen molar-refractivity contribution >= 4 is 6.09 Å². The molecule has 9 heteroatoms. The summed E-state index contributed by atoms with van der Waals surface area (Å²) in [5.41, 5.74) is -1.58. The lowest BCUT2D eigenvalue weighted by Gasteiger charge is -2.41. The maximum absolute atomic E-state index is 14.3. The first-order valence-corrected chi connectivity index (χ1v) is 8.96. The number of aliphatic hydroxyl groups is 2. The van der Waals surface area contributed by atoms with Crippen LogP contribution in [0.25, 0.3) is 0 Å². The van der Waals surface area contributed by atoms with Gasteiger partial charge in [-0.1, -0.05) is 6.07 Å². The van der Waals surface area contributed by atoms with E-state index in [0.29, 0.717) is 13.1 Å². The number of amides is 1. The molecule has 1 aliphatic rings. The van der Waals surface area contributed by atoms with Crippen LogP contribution in [-0.4, -0.2) is 70.5 Å². The highest BCUT2D eigenvalue weighted by atomic mass is 19.1. The molecule has 1 fully saturated rings. The van der Waals surface area contributed by atoms with Crippen molar-refractivity contribution in [3.63, 3.8) is 0 Å². The maximum Gasteiger partial charge on any atom is 0.410 e. The molecule has 0 spiro atoms. The van der Waals surface area contributed by atoms with Gasteiger partial charge in [0, 0.05) is 31.7 Å². The molecule has 2 N–H and O–H groups in total. The first kappa shape index (κ1) is 22.0. The Hall–Kier alpha value is -2.28. The Balaban J connectivity index is 2.07. The van der Waals surface area contributed by atoms with E-state index in [1.807, 2.05) is 0 Å². The van der Waals surface area contributed by atoms with Crippen molar-refractivity contribution in [1.82, 2.24) is 9.80 Å². The molecule has 2 unspecified atom stereocenters. The maximum atomic E-state index is 14.3. The molecule has 1 saturated heterocycles. The standard InChI is InChI=1S/C19H25F2N3O4/c1-19(2,3)28-18(27)24-7-6-23(12(9-24)11-25)10-16(26)13-4-5-15(20)14(8-22)17(13)21/h4-5,12,16,25-26H,6-7,9-11H2,1-3H3. The fourth-order valence-corrected chi connectivity index (χ4v) is 3.05. The van der Waals surface area contributed by atoms with Crippen molar-refractivity contribution in [3.05, 3.63) is 34.9 Å². The number of aliphatic hydroxyl groups excluding tert-OH is 2. The molecule has 154 valence electrons. The third-order valence-corrected chi connectivity index (χ3v) is 4.47. The van der Waals surface area contributed by atoms with Crippen LogP contribution in [0.4, 0.5) is 13.6 Å². The number of benzene rings is 1. The van der Waals surface area contributed by atoms with Crippen molar-refractivity contribution in [2.75, 3.05) is 32.8 Å². The third kappa shape index (κ3) is 5.16. The lowest BCUT2D eigenvalue weighted by atomic mass is 10.0. The highest BCUT2D eigenvalue weighted by Gasteiger charge is 2.33. The van der Waals surface area contributed by atoms with E-state index in [4.69, 9.17) is 10.00 Å². The Kier molecular flexibility index (Phi) is 6.93. The highest BCUT2D eigenvalue weighted by Crippen LogP contribution is 2.24. The van der Waals surface area contributed by atoms with Gasteiger partial charge in [0.1, 0.15) is 28.9 Å². The molecule has 7 nitrogen and oxygen atoms in total. The summed E-state index contributed by atoms with van der Waals surface area (Å²) in [4.78, 5) is 15.4. The summed E-state index contributed by atoms with van der Waals surface area (Å²) in [6.07, 6.45) is -1.82. The van der Waals surface area contributed by atoms with Crippen LogP contribution in [0.3, 0.4) is 0 Å². The number of rotatable bonds is 4. The SMILES string of the molecule is CC(C)(C)OC(=O)N1CCN(CC(O)c2ccc(F)c(C#N)c2F)C(CO)C1. The van der Waals surface area contributed by atoms with Gasteiger partial charge in [0.2, 0.25) is 0 Å². The first-order chi connectivity index (χ1) is 13.1. The fourth-order valence-electron chi connectivity index (χ4n) is 3.05. The molecule has 0 aromatic heterocycles. The van der Waals surface area contributed by atoms with Crippen LogP contribution in [0.1, 0.15) is 38.0 Å². The van der Waals surface area contributed by atoms with E-state index >= 15 is 0 Å². The van der Waals surface area contributed by atoms with Gasteiger partial charge in [-0.05, 0) is 26.8 Å². The highest BCUT2D eigenvalue weighted by molar-refractivity contribution is 5.68.